The summed E-state index contributed by atoms with van der Waals surface area (Å²) in [6, 6.07) is 0. The molecule has 2 saturated heterocycles. The zero-order valence-electron chi connectivity index (χ0n) is 10.8. The standard InChI is InChI=1S/C14H24N2O/c1-16-8-10-7-15-14(17)12-6-4-2-3-5-11(12)13(10)9-16/h10-13H,2-9H2,1H3,(H,15,17). The summed E-state index contributed by atoms with van der Waals surface area (Å²) in [6.07, 6.45) is 6.33. The van der Waals surface area contributed by atoms with Crippen LogP contribution >= 0.6 is 0 Å². The highest BCUT2D eigenvalue weighted by atomic mass is 16.1. The highest BCUT2D eigenvalue weighted by molar-refractivity contribution is 5.79. The summed E-state index contributed by atoms with van der Waals surface area (Å²) in [5, 5.41) is 3.20. The molecule has 2 heterocycles. The number of carbonyl (C=O) groups excluding carboxylic acids is 1. The Kier molecular flexibility index (Phi) is 3.12. The fourth-order valence-corrected chi connectivity index (χ4v) is 4.36. The Labute approximate surface area is 104 Å². The van der Waals surface area contributed by atoms with Crippen LogP contribution < -0.4 is 5.32 Å². The molecule has 4 unspecified atom stereocenters. The van der Waals surface area contributed by atoms with Crippen LogP contribution in [0.5, 0.6) is 0 Å². The summed E-state index contributed by atoms with van der Waals surface area (Å²) < 4.78 is 0. The van der Waals surface area contributed by atoms with Crippen LogP contribution in [0.25, 0.3) is 0 Å². The molecule has 3 nitrogen and oxygen atoms in total. The van der Waals surface area contributed by atoms with E-state index in [1.165, 1.54) is 38.8 Å². The lowest BCUT2D eigenvalue weighted by molar-refractivity contribution is -0.126. The second-order valence-corrected chi connectivity index (χ2v) is 6.30. The van der Waals surface area contributed by atoms with Crippen molar-refractivity contribution < 1.29 is 4.79 Å². The minimum Gasteiger partial charge on any atom is -0.356 e. The second-order valence-electron chi connectivity index (χ2n) is 6.30. The molecule has 0 radical (unpaired) electrons. The zero-order valence-corrected chi connectivity index (χ0v) is 10.8. The monoisotopic (exact) mass is 236 g/mol. The Morgan fingerprint density at radius 1 is 1.12 bits per heavy atom. The summed E-state index contributed by atoms with van der Waals surface area (Å²) in [4.78, 5) is 14.6. The Morgan fingerprint density at radius 3 is 2.82 bits per heavy atom. The number of amides is 1. The first-order valence-electron chi connectivity index (χ1n) is 7.22. The Morgan fingerprint density at radius 2 is 1.94 bits per heavy atom. The summed E-state index contributed by atoms with van der Waals surface area (Å²) in [5.74, 6) is 2.81. The summed E-state index contributed by atoms with van der Waals surface area (Å²) >= 11 is 0. The van der Waals surface area contributed by atoms with Crippen molar-refractivity contribution in [1.29, 1.82) is 0 Å². The van der Waals surface area contributed by atoms with Gasteiger partial charge in [-0.25, -0.2) is 0 Å². The average Bonchev–Trinajstić information content (AvgIpc) is 2.51. The van der Waals surface area contributed by atoms with Crippen molar-refractivity contribution in [2.45, 2.75) is 32.1 Å². The molecule has 0 spiro atoms. The second kappa shape index (κ2) is 4.60. The molecule has 0 aromatic heterocycles. The largest absolute Gasteiger partial charge is 0.356 e. The summed E-state index contributed by atoms with van der Waals surface area (Å²) in [6.45, 7) is 3.30. The maximum absolute atomic E-state index is 12.2. The molecule has 0 aromatic rings. The normalized spacial score (nSPS) is 43.2. The molecular weight excluding hydrogens is 212 g/mol. The van der Waals surface area contributed by atoms with Gasteiger partial charge in [-0.05, 0) is 37.6 Å². The maximum Gasteiger partial charge on any atom is 0.223 e. The van der Waals surface area contributed by atoms with E-state index in [1.54, 1.807) is 0 Å². The Balaban J connectivity index is 1.85. The van der Waals surface area contributed by atoms with Gasteiger partial charge in [0.1, 0.15) is 0 Å². The van der Waals surface area contributed by atoms with Crippen LogP contribution in [-0.2, 0) is 4.79 Å². The van der Waals surface area contributed by atoms with E-state index >= 15 is 0 Å². The third kappa shape index (κ3) is 2.10. The van der Waals surface area contributed by atoms with Gasteiger partial charge >= 0.3 is 0 Å². The van der Waals surface area contributed by atoms with E-state index in [0.29, 0.717) is 23.7 Å². The molecule has 3 rings (SSSR count). The van der Waals surface area contributed by atoms with Crippen molar-refractivity contribution in [3.63, 3.8) is 0 Å². The summed E-state index contributed by atoms with van der Waals surface area (Å²) in [7, 11) is 2.22. The van der Waals surface area contributed by atoms with Gasteiger partial charge in [-0.1, -0.05) is 19.3 Å². The third-order valence-electron chi connectivity index (χ3n) is 5.17. The van der Waals surface area contributed by atoms with Gasteiger partial charge in [0, 0.05) is 25.6 Å². The molecule has 1 aliphatic carbocycles. The Hall–Kier alpha value is -0.570. The third-order valence-corrected chi connectivity index (χ3v) is 5.17. The predicted molar refractivity (Wildman–Crippen MR) is 67.6 cm³/mol. The van der Waals surface area contributed by atoms with E-state index in [4.69, 9.17) is 0 Å². The van der Waals surface area contributed by atoms with Crippen molar-refractivity contribution >= 4 is 5.91 Å². The van der Waals surface area contributed by atoms with Gasteiger partial charge < -0.3 is 10.2 Å². The van der Waals surface area contributed by atoms with E-state index in [2.05, 4.69) is 17.3 Å². The van der Waals surface area contributed by atoms with E-state index in [0.717, 1.165) is 18.9 Å². The molecule has 1 saturated carbocycles. The summed E-state index contributed by atoms with van der Waals surface area (Å²) in [5.41, 5.74) is 0. The highest BCUT2D eigenvalue weighted by Gasteiger charge is 2.44. The van der Waals surface area contributed by atoms with Crippen LogP contribution in [0, 0.1) is 23.7 Å². The first-order chi connectivity index (χ1) is 8.25. The van der Waals surface area contributed by atoms with Gasteiger partial charge in [0.25, 0.3) is 0 Å². The van der Waals surface area contributed by atoms with E-state index in [-0.39, 0.29) is 0 Å². The molecule has 4 atom stereocenters. The average molecular weight is 236 g/mol. The number of hydrogen-bond acceptors (Lipinski definition) is 2. The lowest BCUT2D eigenvalue weighted by Gasteiger charge is -2.28. The van der Waals surface area contributed by atoms with Crippen LogP contribution in [0.3, 0.4) is 0 Å². The van der Waals surface area contributed by atoms with Gasteiger partial charge in [-0.3, -0.25) is 4.79 Å². The molecule has 1 N–H and O–H groups in total. The van der Waals surface area contributed by atoms with Crippen LogP contribution in [0.4, 0.5) is 0 Å². The minimum absolute atomic E-state index is 0.319. The zero-order chi connectivity index (χ0) is 11.8. The quantitative estimate of drug-likeness (QED) is 0.691. The first-order valence-corrected chi connectivity index (χ1v) is 7.22. The van der Waals surface area contributed by atoms with Crippen molar-refractivity contribution in [1.82, 2.24) is 10.2 Å². The van der Waals surface area contributed by atoms with Crippen LogP contribution in [0.2, 0.25) is 0 Å². The fraction of sp³-hybridized carbons (Fsp3) is 0.929. The van der Waals surface area contributed by atoms with Gasteiger partial charge in [-0.15, -0.1) is 0 Å². The number of likely N-dealkylation sites (tertiary alicyclic amines) is 1. The number of hydrogen-bond donors (Lipinski definition) is 1. The van der Waals surface area contributed by atoms with Gasteiger partial charge in [0.2, 0.25) is 5.91 Å². The van der Waals surface area contributed by atoms with Crippen LogP contribution in [0.1, 0.15) is 32.1 Å². The lowest BCUT2D eigenvalue weighted by Crippen LogP contribution is -2.34. The number of rotatable bonds is 0. The first kappa shape index (κ1) is 11.5. The van der Waals surface area contributed by atoms with Crippen LogP contribution in [0.15, 0.2) is 0 Å². The van der Waals surface area contributed by atoms with E-state index in [9.17, 15) is 4.79 Å². The SMILES string of the molecule is CN1CC2CNC(=O)C3CCCCCC3C2C1. The molecule has 2 aliphatic heterocycles. The maximum atomic E-state index is 12.2. The van der Waals surface area contributed by atoms with Crippen LogP contribution in [-0.4, -0.2) is 37.5 Å². The smallest absolute Gasteiger partial charge is 0.223 e. The highest BCUT2D eigenvalue weighted by Crippen LogP contribution is 2.41. The van der Waals surface area contributed by atoms with Gasteiger partial charge in [0.15, 0.2) is 0 Å². The van der Waals surface area contributed by atoms with Gasteiger partial charge in [-0.2, -0.15) is 0 Å². The molecule has 0 aromatic carbocycles. The molecule has 17 heavy (non-hydrogen) atoms. The van der Waals surface area contributed by atoms with Crippen molar-refractivity contribution in [3.8, 4) is 0 Å². The molecule has 0 bridgehead atoms. The number of nitrogens with zero attached hydrogens (tertiary/aromatic N) is 1. The van der Waals surface area contributed by atoms with Crippen molar-refractivity contribution in [2.24, 2.45) is 23.7 Å². The predicted octanol–water partition coefficient (Wildman–Crippen LogP) is 1.49. The fourth-order valence-electron chi connectivity index (χ4n) is 4.36. The van der Waals surface area contributed by atoms with Crippen molar-refractivity contribution in [2.75, 3.05) is 26.7 Å². The molecular formula is C14H24N2O. The molecule has 1 amide bonds. The molecule has 3 heteroatoms. The van der Waals surface area contributed by atoms with Gasteiger partial charge in [0.05, 0.1) is 0 Å². The lowest BCUT2D eigenvalue weighted by atomic mass is 9.75. The van der Waals surface area contributed by atoms with E-state index < -0.39 is 0 Å². The topological polar surface area (TPSA) is 32.3 Å². The molecule has 96 valence electrons. The number of nitrogens with one attached hydrogen (secondary N) is 1. The number of carbonyl (C=O) groups is 1. The number of fused-ring (bicyclic) bond motifs is 3. The van der Waals surface area contributed by atoms with E-state index in [1.807, 2.05) is 0 Å². The molecule has 3 fully saturated rings. The Bertz CT molecular complexity index is 305. The van der Waals surface area contributed by atoms with Crippen molar-refractivity contribution in [3.05, 3.63) is 0 Å². The molecule has 3 aliphatic rings. The minimum atomic E-state index is 0.319.